The fourth-order valence-corrected chi connectivity index (χ4v) is 2.67. The Balaban J connectivity index is 1.96. The molecule has 0 amide bonds. The molecular formula is C14H21N3O2. The van der Waals surface area contributed by atoms with Gasteiger partial charge >= 0.3 is 0 Å². The van der Waals surface area contributed by atoms with Crippen LogP contribution in [0.1, 0.15) is 24.9 Å². The van der Waals surface area contributed by atoms with E-state index in [0.717, 1.165) is 25.2 Å². The van der Waals surface area contributed by atoms with Crippen molar-refractivity contribution in [3.8, 4) is 0 Å². The van der Waals surface area contributed by atoms with E-state index in [9.17, 15) is 10.1 Å². The highest BCUT2D eigenvalue weighted by molar-refractivity contribution is 5.41. The van der Waals surface area contributed by atoms with E-state index in [1.54, 1.807) is 12.1 Å². The van der Waals surface area contributed by atoms with E-state index >= 15 is 0 Å². The Morgan fingerprint density at radius 1 is 1.53 bits per heavy atom. The first-order valence-corrected chi connectivity index (χ1v) is 6.73. The van der Waals surface area contributed by atoms with E-state index in [1.807, 2.05) is 19.1 Å². The monoisotopic (exact) mass is 263 g/mol. The summed E-state index contributed by atoms with van der Waals surface area (Å²) in [6.07, 6.45) is 1.20. The van der Waals surface area contributed by atoms with Gasteiger partial charge in [0.05, 0.1) is 4.92 Å². The van der Waals surface area contributed by atoms with Crippen LogP contribution in [0.25, 0.3) is 0 Å². The minimum atomic E-state index is -0.309. The average molecular weight is 263 g/mol. The molecule has 1 heterocycles. The summed E-state index contributed by atoms with van der Waals surface area (Å²) in [6, 6.07) is 6.96. The van der Waals surface area contributed by atoms with Crippen LogP contribution in [-0.4, -0.2) is 36.5 Å². The summed E-state index contributed by atoms with van der Waals surface area (Å²) in [7, 11) is 2.13. The number of hydrogen-bond donors (Lipinski definition) is 1. The molecule has 2 rings (SSSR count). The molecule has 1 aliphatic heterocycles. The maximum atomic E-state index is 11.0. The molecule has 0 bridgehead atoms. The van der Waals surface area contributed by atoms with Crippen molar-refractivity contribution in [3.63, 3.8) is 0 Å². The first-order valence-electron chi connectivity index (χ1n) is 6.73. The van der Waals surface area contributed by atoms with Crippen LogP contribution >= 0.6 is 0 Å². The van der Waals surface area contributed by atoms with Gasteiger partial charge in [0, 0.05) is 24.2 Å². The van der Waals surface area contributed by atoms with Gasteiger partial charge in [-0.25, -0.2) is 0 Å². The third-order valence-corrected chi connectivity index (χ3v) is 3.80. The van der Waals surface area contributed by atoms with Gasteiger partial charge in [-0.2, -0.15) is 0 Å². The van der Waals surface area contributed by atoms with Crippen LogP contribution in [0, 0.1) is 16.0 Å². The summed E-state index contributed by atoms with van der Waals surface area (Å²) in [5.74, 6) is 0.648. The fourth-order valence-electron chi connectivity index (χ4n) is 2.67. The van der Waals surface area contributed by atoms with Crippen molar-refractivity contribution in [2.75, 3.05) is 26.7 Å². The number of rotatable bonds is 5. The van der Waals surface area contributed by atoms with E-state index in [1.165, 1.54) is 6.42 Å². The van der Waals surface area contributed by atoms with Crippen LogP contribution in [0.2, 0.25) is 0 Å². The number of nitro groups is 1. The Morgan fingerprint density at radius 3 is 2.89 bits per heavy atom. The van der Waals surface area contributed by atoms with Gasteiger partial charge in [0.1, 0.15) is 0 Å². The SMILES string of the molecule is CC(NCC1CCN(C)C1)c1ccccc1[N+](=O)[O-]. The Labute approximate surface area is 113 Å². The zero-order valence-corrected chi connectivity index (χ0v) is 11.5. The molecule has 2 unspecified atom stereocenters. The predicted molar refractivity (Wildman–Crippen MR) is 75.1 cm³/mol. The molecule has 1 aliphatic rings. The molecule has 5 nitrogen and oxygen atoms in total. The van der Waals surface area contributed by atoms with Gasteiger partial charge in [0.2, 0.25) is 0 Å². The summed E-state index contributed by atoms with van der Waals surface area (Å²) in [4.78, 5) is 13.0. The number of likely N-dealkylation sites (tertiary alicyclic amines) is 1. The first-order chi connectivity index (χ1) is 9.08. The van der Waals surface area contributed by atoms with Gasteiger partial charge in [-0.1, -0.05) is 18.2 Å². The lowest BCUT2D eigenvalue weighted by Crippen LogP contribution is -2.27. The summed E-state index contributed by atoms with van der Waals surface area (Å²) in [5, 5.41) is 14.4. The van der Waals surface area contributed by atoms with E-state index < -0.39 is 0 Å². The maximum absolute atomic E-state index is 11.0. The Kier molecular flexibility index (Phi) is 4.50. The topological polar surface area (TPSA) is 58.4 Å². The smallest absolute Gasteiger partial charge is 0.274 e. The Morgan fingerprint density at radius 2 is 2.26 bits per heavy atom. The van der Waals surface area contributed by atoms with Crippen molar-refractivity contribution in [1.29, 1.82) is 0 Å². The lowest BCUT2D eigenvalue weighted by Gasteiger charge is -2.17. The highest BCUT2D eigenvalue weighted by Crippen LogP contribution is 2.25. The van der Waals surface area contributed by atoms with Gasteiger partial charge in [0.25, 0.3) is 5.69 Å². The third kappa shape index (κ3) is 3.52. The lowest BCUT2D eigenvalue weighted by molar-refractivity contribution is -0.385. The molecule has 104 valence electrons. The fraction of sp³-hybridized carbons (Fsp3) is 0.571. The molecule has 5 heteroatoms. The van der Waals surface area contributed by atoms with Crippen molar-refractivity contribution < 1.29 is 4.92 Å². The highest BCUT2D eigenvalue weighted by atomic mass is 16.6. The van der Waals surface area contributed by atoms with E-state index in [4.69, 9.17) is 0 Å². The van der Waals surface area contributed by atoms with E-state index in [2.05, 4.69) is 17.3 Å². The number of hydrogen-bond acceptors (Lipinski definition) is 4. The van der Waals surface area contributed by atoms with Crippen molar-refractivity contribution in [3.05, 3.63) is 39.9 Å². The van der Waals surface area contributed by atoms with Crippen molar-refractivity contribution >= 4 is 5.69 Å². The van der Waals surface area contributed by atoms with E-state index in [0.29, 0.717) is 5.92 Å². The molecule has 0 aromatic heterocycles. The molecule has 0 aliphatic carbocycles. The standard InChI is InChI=1S/C14H21N3O2/c1-11(15-9-12-7-8-16(2)10-12)13-5-3-4-6-14(13)17(18)19/h3-6,11-12,15H,7-10H2,1-2H3. The molecule has 19 heavy (non-hydrogen) atoms. The molecule has 1 aromatic rings. The minimum Gasteiger partial charge on any atom is -0.310 e. The number of para-hydroxylation sites is 1. The molecule has 0 radical (unpaired) electrons. The zero-order valence-electron chi connectivity index (χ0n) is 11.5. The largest absolute Gasteiger partial charge is 0.310 e. The van der Waals surface area contributed by atoms with Gasteiger partial charge < -0.3 is 10.2 Å². The van der Waals surface area contributed by atoms with Crippen molar-refractivity contribution in [2.45, 2.75) is 19.4 Å². The van der Waals surface area contributed by atoms with Gasteiger partial charge in [0.15, 0.2) is 0 Å². The Bertz CT molecular complexity index is 450. The number of nitrogens with zero attached hydrogens (tertiary/aromatic N) is 2. The minimum absolute atomic E-state index is 0.00695. The molecular weight excluding hydrogens is 242 g/mol. The van der Waals surface area contributed by atoms with Crippen LogP contribution in [0.15, 0.2) is 24.3 Å². The number of nitro benzene ring substituents is 1. The number of nitrogens with one attached hydrogen (secondary N) is 1. The summed E-state index contributed by atoms with van der Waals surface area (Å²) in [5.41, 5.74) is 0.963. The van der Waals surface area contributed by atoms with Crippen LogP contribution in [0.4, 0.5) is 5.69 Å². The van der Waals surface area contributed by atoms with Gasteiger partial charge in [-0.3, -0.25) is 10.1 Å². The second kappa shape index (κ2) is 6.12. The van der Waals surface area contributed by atoms with Crippen LogP contribution in [-0.2, 0) is 0 Å². The van der Waals surface area contributed by atoms with Crippen LogP contribution in [0.3, 0.4) is 0 Å². The average Bonchev–Trinajstić information content (AvgIpc) is 2.81. The van der Waals surface area contributed by atoms with Gasteiger partial charge in [-0.15, -0.1) is 0 Å². The molecule has 1 N–H and O–H groups in total. The summed E-state index contributed by atoms with van der Waals surface area (Å²) in [6.45, 7) is 5.15. The summed E-state index contributed by atoms with van der Waals surface area (Å²) >= 11 is 0. The Hall–Kier alpha value is -1.46. The molecule has 1 aromatic carbocycles. The number of benzene rings is 1. The lowest BCUT2D eigenvalue weighted by atomic mass is 10.0. The molecule has 1 fully saturated rings. The normalized spacial score (nSPS) is 21.5. The third-order valence-electron chi connectivity index (χ3n) is 3.80. The second-order valence-corrected chi connectivity index (χ2v) is 5.36. The van der Waals surface area contributed by atoms with Gasteiger partial charge in [-0.05, 0) is 39.4 Å². The summed E-state index contributed by atoms with van der Waals surface area (Å²) < 4.78 is 0. The predicted octanol–water partition coefficient (Wildman–Crippen LogP) is 2.20. The molecule has 0 spiro atoms. The maximum Gasteiger partial charge on any atom is 0.274 e. The molecule has 2 atom stereocenters. The van der Waals surface area contributed by atoms with E-state index in [-0.39, 0.29) is 16.7 Å². The van der Waals surface area contributed by atoms with Crippen molar-refractivity contribution in [2.24, 2.45) is 5.92 Å². The van der Waals surface area contributed by atoms with Crippen LogP contribution < -0.4 is 5.32 Å². The molecule has 0 saturated carbocycles. The molecule has 1 saturated heterocycles. The highest BCUT2D eigenvalue weighted by Gasteiger charge is 2.22. The first kappa shape index (κ1) is 14.0. The second-order valence-electron chi connectivity index (χ2n) is 5.36. The quantitative estimate of drug-likeness (QED) is 0.653. The van der Waals surface area contributed by atoms with Crippen LogP contribution in [0.5, 0.6) is 0 Å². The zero-order chi connectivity index (χ0) is 13.8. The van der Waals surface area contributed by atoms with Crippen molar-refractivity contribution in [1.82, 2.24) is 10.2 Å².